The van der Waals surface area contributed by atoms with E-state index < -0.39 is 5.97 Å². The zero-order chi connectivity index (χ0) is 9.84. The van der Waals surface area contributed by atoms with Crippen LogP contribution in [0.4, 0.5) is 0 Å². The SMILES string of the molecule is COC(=O)c1cnn(C)c1CC=O. The van der Waals surface area contributed by atoms with E-state index >= 15 is 0 Å². The molecular weight excluding hydrogens is 172 g/mol. The number of aldehydes is 1. The molecule has 0 amide bonds. The van der Waals surface area contributed by atoms with Crippen LogP contribution in [0.15, 0.2) is 6.20 Å². The highest BCUT2D eigenvalue weighted by Gasteiger charge is 2.15. The Morgan fingerprint density at radius 2 is 2.46 bits per heavy atom. The Balaban J connectivity index is 3.06. The lowest BCUT2D eigenvalue weighted by Gasteiger charge is -1.99. The standard InChI is InChI=1S/C8H10N2O3/c1-10-7(3-4-11)6(5-9-10)8(12)13-2/h4-5H,3H2,1-2H3. The first-order valence-corrected chi connectivity index (χ1v) is 3.73. The summed E-state index contributed by atoms with van der Waals surface area (Å²) < 4.78 is 6.02. The van der Waals surface area contributed by atoms with Crippen LogP contribution in [-0.2, 0) is 23.0 Å². The Morgan fingerprint density at radius 3 is 3.00 bits per heavy atom. The van der Waals surface area contributed by atoms with Crippen LogP contribution in [0, 0.1) is 0 Å². The van der Waals surface area contributed by atoms with E-state index in [2.05, 4.69) is 9.84 Å². The predicted octanol–water partition coefficient (Wildman–Crippen LogP) is -0.0519. The fourth-order valence-corrected chi connectivity index (χ4v) is 1.06. The molecule has 5 nitrogen and oxygen atoms in total. The second kappa shape index (κ2) is 3.84. The number of aromatic nitrogens is 2. The van der Waals surface area contributed by atoms with E-state index in [1.807, 2.05) is 0 Å². The number of hydrogen-bond acceptors (Lipinski definition) is 4. The summed E-state index contributed by atoms with van der Waals surface area (Å²) in [5.41, 5.74) is 0.916. The molecule has 13 heavy (non-hydrogen) atoms. The van der Waals surface area contributed by atoms with Crippen molar-refractivity contribution in [3.63, 3.8) is 0 Å². The van der Waals surface area contributed by atoms with Crippen molar-refractivity contribution in [3.05, 3.63) is 17.5 Å². The molecule has 0 fully saturated rings. The second-order valence-electron chi connectivity index (χ2n) is 2.49. The Bertz CT molecular complexity index is 330. The van der Waals surface area contributed by atoms with Crippen molar-refractivity contribution in [1.82, 2.24) is 9.78 Å². The van der Waals surface area contributed by atoms with Crippen molar-refractivity contribution in [2.24, 2.45) is 7.05 Å². The summed E-state index contributed by atoms with van der Waals surface area (Å²) in [6, 6.07) is 0. The maximum Gasteiger partial charge on any atom is 0.341 e. The highest BCUT2D eigenvalue weighted by Crippen LogP contribution is 2.08. The summed E-state index contributed by atoms with van der Waals surface area (Å²) in [6.07, 6.45) is 2.29. The van der Waals surface area contributed by atoms with Gasteiger partial charge in [0.1, 0.15) is 11.8 Å². The molecule has 0 N–H and O–H groups in total. The zero-order valence-corrected chi connectivity index (χ0v) is 7.48. The van der Waals surface area contributed by atoms with Gasteiger partial charge in [-0.15, -0.1) is 0 Å². The number of rotatable bonds is 3. The van der Waals surface area contributed by atoms with Gasteiger partial charge >= 0.3 is 5.97 Å². The van der Waals surface area contributed by atoms with Gasteiger partial charge in [0.05, 0.1) is 19.0 Å². The van der Waals surface area contributed by atoms with Gasteiger partial charge in [-0.3, -0.25) is 4.68 Å². The van der Waals surface area contributed by atoms with E-state index in [9.17, 15) is 9.59 Å². The lowest BCUT2D eigenvalue weighted by Crippen LogP contribution is -2.07. The van der Waals surface area contributed by atoms with Crippen LogP contribution in [0.25, 0.3) is 0 Å². The minimum Gasteiger partial charge on any atom is -0.465 e. The molecule has 5 heteroatoms. The van der Waals surface area contributed by atoms with E-state index in [1.54, 1.807) is 7.05 Å². The molecule has 0 saturated heterocycles. The molecule has 0 atom stereocenters. The number of nitrogens with zero attached hydrogens (tertiary/aromatic N) is 2. The Kier molecular flexibility index (Phi) is 2.79. The molecule has 1 heterocycles. The van der Waals surface area contributed by atoms with Gasteiger partial charge in [-0.1, -0.05) is 0 Å². The van der Waals surface area contributed by atoms with E-state index in [1.165, 1.54) is 18.0 Å². The smallest absolute Gasteiger partial charge is 0.341 e. The number of methoxy groups -OCH3 is 1. The highest BCUT2D eigenvalue weighted by molar-refractivity contribution is 5.90. The molecular formula is C8H10N2O3. The molecule has 0 spiro atoms. The first-order chi connectivity index (χ1) is 6.20. The van der Waals surface area contributed by atoms with E-state index in [0.717, 1.165) is 6.29 Å². The molecule has 70 valence electrons. The van der Waals surface area contributed by atoms with Crippen molar-refractivity contribution < 1.29 is 14.3 Å². The predicted molar refractivity (Wildman–Crippen MR) is 44.3 cm³/mol. The lowest BCUT2D eigenvalue weighted by atomic mass is 10.2. The molecule has 0 unspecified atom stereocenters. The normalized spacial score (nSPS) is 9.69. The number of ether oxygens (including phenoxy) is 1. The van der Waals surface area contributed by atoms with Gasteiger partial charge < -0.3 is 9.53 Å². The number of aryl methyl sites for hydroxylation is 1. The van der Waals surface area contributed by atoms with E-state index in [-0.39, 0.29) is 6.42 Å². The molecule has 0 radical (unpaired) electrons. The molecule has 1 aromatic rings. The monoisotopic (exact) mass is 182 g/mol. The van der Waals surface area contributed by atoms with Crippen LogP contribution in [0.2, 0.25) is 0 Å². The zero-order valence-electron chi connectivity index (χ0n) is 7.48. The summed E-state index contributed by atoms with van der Waals surface area (Å²) in [4.78, 5) is 21.4. The van der Waals surface area contributed by atoms with Crippen molar-refractivity contribution in [1.29, 1.82) is 0 Å². The van der Waals surface area contributed by atoms with Gasteiger partial charge in [0.15, 0.2) is 0 Å². The number of carbonyl (C=O) groups excluding carboxylic acids is 2. The van der Waals surface area contributed by atoms with Crippen LogP contribution < -0.4 is 0 Å². The van der Waals surface area contributed by atoms with E-state index in [0.29, 0.717) is 11.3 Å². The average Bonchev–Trinajstić information content (AvgIpc) is 2.48. The van der Waals surface area contributed by atoms with Gasteiger partial charge in [-0.05, 0) is 0 Å². The van der Waals surface area contributed by atoms with Gasteiger partial charge in [0.2, 0.25) is 0 Å². The quantitative estimate of drug-likeness (QED) is 0.485. The van der Waals surface area contributed by atoms with Crippen LogP contribution in [0.3, 0.4) is 0 Å². The third kappa shape index (κ3) is 1.74. The molecule has 1 rings (SSSR count). The fraction of sp³-hybridized carbons (Fsp3) is 0.375. The van der Waals surface area contributed by atoms with Crippen LogP contribution in [0.1, 0.15) is 16.1 Å². The van der Waals surface area contributed by atoms with Gasteiger partial charge in [0.25, 0.3) is 0 Å². The van der Waals surface area contributed by atoms with Crippen molar-refractivity contribution in [2.45, 2.75) is 6.42 Å². The summed E-state index contributed by atoms with van der Waals surface area (Å²) in [5, 5.41) is 3.86. The molecule has 0 bridgehead atoms. The third-order valence-corrected chi connectivity index (χ3v) is 1.74. The van der Waals surface area contributed by atoms with Crippen molar-refractivity contribution in [3.8, 4) is 0 Å². The van der Waals surface area contributed by atoms with Crippen LogP contribution >= 0.6 is 0 Å². The molecule has 0 aliphatic heterocycles. The largest absolute Gasteiger partial charge is 0.465 e. The molecule has 0 aromatic carbocycles. The van der Waals surface area contributed by atoms with Gasteiger partial charge in [-0.25, -0.2) is 4.79 Å². The highest BCUT2D eigenvalue weighted by atomic mass is 16.5. The molecule has 0 aliphatic carbocycles. The van der Waals surface area contributed by atoms with Gasteiger partial charge in [-0.2, -0.15) is 5.10 Å². The Hall–Kier alpha value is -1.65. The lowest BCUT2D eigenvalue weighted by molar-refractivity contribution is -0.107. The first-order valence-electron chi connectivity index (χ1n) is 3.73. The molecule has 0 aliphatic rings. The average molecular weight is 182 g/mol. The van der Waals surface area contributed by atoms with Crippen LogP contribution in [0.5, 0.6) is 0 Å². The first kappa shape index (κ1) is 9.44. The summed E-state index contributed by atoms with van der Waals surface area (Å²) in [7, 11) is 2.96. The topological polar surface area (TPSA) is 61.2 Å². The van der Waals surface area contributed by atoms with Crippen molar-refractivity contribution in [2.75, 3.05) is 7.11 Å². The molecule has 1 aromatic heterocycles. The van der Waals surface area contributed by atoms with Crippen molar-refractivity contribution >= 4 is 12.3 Å². The maximum atomic E-state index is 11.1. The van der Waals surface area contributed by atoms with E-state index in [4.69, 9.17) is 0 Å². The maximum absolute atomic E-state index is 11.1. The van der Waals surface area contributed by atoms with Gasteiger partial charge in [0, 0.05) is 13.5 Å². The minimum atomic E-state index is -0.468. The Morgan fingerprint density at radius 1 is 1.77 bits per heavy atom. The third-order valence-electron chi connectivity index (χ3n) is 1.74. The molecule has 0 saturated carbocycles. The second-order valence-corrected chi connectivity index (χ2v) is 2.49. The number of esters is 1. The summed E-state index contributed by atoms with van der Waals surface area (Å²) >= 11 is 0. The minimum absolute atomic E-state index is 0.168. The fourth-order valence-electron chi connectivity index (χ4n) is 1.06. The summed E-state index contributed by atoms with van der Waals surface area (Å²) in [6.45, 7) is 0. The summed E-state index contributed by atoms with van der Waals surface area (Å²) in [5.74, 6) is -0.468. The Labute approximate surface area is 75.3 Å². The number of carbonyl (C=O) groups is 2. The van der Waals surface area contributed by atoms with Crippen LogP contribution in [-0.4, -0.2) is 29.1 Å². The number of hydrogen-bond donors (Lipinski definition) is 0.